The molecule has 2 aromatic heterocycles. The predicted molar refractivity (Wildman–Crippen MR) is 124 cm³/mol. The molecule has 0 saturated heterocycles. The Morgan fingerprint density at radius 3 is 2.65 bits per heavy atom. The Labute approximate surface area is 187 Å². The standard InChI is InChI=1S/C25H26N4OS/c30-10-1-11-31-20-4-5-21-23(13-20)29(16-25(21)7-8-25)24-27-14-19(15-28-24)22-12-18(6-9-26-22)17-2-3-17/h4-6,9,12-15,17,30H,1-3,7-8,10-11,16H2. The van der Waals surface area contributed by atoms with Gasteiger partial charge in [-0.3, -0.25) is 4.98 Å². The molecule has 3 heterocycles. The Hall–Kier alpha value is -2.44. The van der Waals surface area contributed by atoms with E-state index in [1.807, 2.05) is 18.6 Å². The number of aliphatic hydroxyl groups excluding tert-OH is 1. The SMILES string of the molecule is OCCCSc1ccc2c(c1)N(c1ncc(-c3cc(C4CC4)ccn3)cn1)CC21CC1. The molecule has 2 aliphatic carbocycles. The van der Waals surface area contributed by atoms with Crippen molar-refractivity contribution < 1.29 is 5.11 Å². The summed E-state index contributed by atoms with van der Waals surface area (Å²) in [6.45, 7) is 1.20. The number of pyridine rings is 1. The first-order valence-electron chi connectivity index (χ1n) is 11.2. The molecule has 3 aliphatic rings. The van der Waals surface area contributed by atoms with Gasteiger partial charge in [0, 0.05) is 59.1 Å². The molecule has 6 rings (SSSR count). The Morgan fingerprint density at radius 2 is 1.90 bits per heavy atom. The van der Waals surface area contributed by atoms with E-state index in [4.69, 9.17) is 15.1 Å². The third-order valence-electron chi connectivity index (χ3n) is 6.72. The van der Waals surface area contributed by atoms with Crippen molar-refractivity contribution in [3.63, 3.8) is 0 Å². The van der Waals surface area contributed by atoms with Crippen LogP contribution in [0, 0.1) is 0 Å². The van der Waals surface area contributed by atoms with E-state index < -0.39 is 0 Å². The van der Waals surface area contributed by atoms with Gasteiger partial charge < -0.3 is 10.0 Å². The van der Waals surface area contributed by atoms with Crippen molar-refractivity contribution in [3.8, 4) is 11.3 Å². The fourth-order valence-corrected chi connectivity index (χ4v) is 5.49. The van der Waals surface area contributed by atoms with E-state index in [0.29, 0.717) is 5.92 Å². The molecule has 1 aliphatic heterocycles. The van der Waals surface area contributed by atoms with Crippen LogP contribution < -0.4 is 4.90 Å². The summed E-state index contributed by atoms with van der Waals surface area (Å²) in [5.41, 5.74) is 6.27. The Kier molecular flexibility index (Phi) is 4.73. The maximum atomic E-state index is 9.07. The fraction of sp³-hybridized carbons (Fsp3) is 0.400. The number of fused-ring (bicyclic) bond motifs is 2. The van der Waals surface area contributed by atoms with Crippen LogP contribution in [-0.4, -0.2) is 39.0 Å². The van der Waals surface area contributed by atoms with E-state index >= 15 is 0 Å². The summed E-state index contributed by atoms with van der Waals surface area (Å²) in [5.74, 6) is 2.41. The summed E-state index contributed by atoms with van der Waals surface area (Å²) in [5, 5.41) is 9.07. The van der Waals surface area contributed by atoms with Gasteiger partial charge in [-0.05, 0) is 73.4 Å². The lowest BCUT2D eigenvalue weighted by Crippen LogP contribution is -2.21. The van der Waals surface area contributed by atoms with Crippen LogP contribution in [0.15, 0.2) is 53.8 Å². The maximum Gasteiger partial charge on any atom is 0.229 e. The molecular formula is C25H26N4OS. The number of thioether (sulfide) groups is 1. The summed E-state index contributed by atoms with van der Waals surface area (Å²) in [6.07, 6.45) is 11.6. The molecule has 0 bridgehead atoms. The second-order valence-electron chi connectivity index (χ2n) is 8.99. The van der Waals surface area contributed by atoms with Gasteiger partial charge in [-0.25, -0.2) is 9.97 Å². The number of hydrogen-bond acceptors (Lipinski definition) is 6. The summed E-state index contributed by atoms with van der Waals surface area (Å²) in [7, 11) is 0. The molecule has 0 unspecified atom stereocenters. The number of benzene rings is 1. The number of aliphatic hydroxyl groups is 1. The van der Waals surface area contributed by atoms with Crippen LogP contribution >= 0.6 is 11.8 Å². The average Bonchev–Trinajstić information content (AvgIpc) is 3.73. The van der Waals surface area contributed by atoms with Crippen LogP contribution in [-0.2, 0) is 5.41 Å². The summed E-state index contributed by atoms with van der Waals surface area (Å²) in [6, 6.07) is 11.1. The van der Waals surface area contributed by atoms with Crippen molar-refractivity contribution in [2.45, 2.75) is 48.3 Å². The molecule has 158 valence electrons. The van der Waals surface area contributed by atoms with Gasteiger partial charge in [0.15, 0.2) is 0 Å². The molecule has 5 nitrogen and oxygen atoms in total. The summed E-state index contributed by atoms with van der Waals surface area (Å²) in [4.78, 5) is 17.6. The van der Waals surface area contributed by atoms with Gasteiger partial charge in [-0.15, -0.1) is 11.8 Å². The number of rotatable bonds is 7. The van der Waals surface area contributed by atoms with Crippen LogP contribution in [0.2, 0.25) is 0 Å². The van der Waals surface area contributed by atoms with Crippen LogP contribution in [0.3, 0.4) is 0 Å². The average molecular weight is 431 g/mol. The zero-order valence-corrected chi connectivity index (χ0v) is 18.3. The van der Waals surface area contributed by atoms with Gasteiger partial charge in [-0.2, -0.15) is 0 Å². The molecule has 1 spiro atoms. The van der Waals surface area contributed by atoms with Crippen LogP contribution in [0.25, 0.3) is 11.3 Å². The minimum atomic E-state index is 0.242. The van der Waals surface area contributed by atoms with Crippen LogP contribution in [0.5, 0.6) is 0 Å². The molecule has 0 radical (unpaired) electrons. The molecule has 6 heteroatoms. The first-order chi connectivity index (χ1) is 15.3. The third kappa shape index (κ3) is 3.62. The lowest BCUT2D eigenvalue weighted by molar-refractivity contribution is 0.296. The van der Waals surface area contributed by atoms with Crippen molar-refractivity contribution in [2.24, 2.45) is 0 Å². The lowest BCUT2D eigenvalue weighted by Gasteiger charge is -2.18. The third-order valence-corrected chi connectivity index (χ3v) is 7.81. The van der Waals surface area contributed by atoms with Gasteiger partial charge in [0.05, 0.1) is 5.69 Å². The number of nitrogens with zero attached hydrogens (tertiary/aromatic N) is 4. The summed E-state index contributed by atoms with van der Waals surface area (Å²) >= 11 is 1.80. The van der Waals surface area contributed by atoms with E-state index in [1.54, 1.807) is 11.8 Å². The Balaban J connectivity index is 1.28. The molecule has 2 fully saturated rings. The zero-order chi connectivity index (χ0) is 20.8. The predicted octanol–water partition coefficient (Wildman–Crippen LogP) is 5.07. The fourth-order valence-electron chi connectivity index (χ4n) is 4.63. The maximum absolute atomic E-state index is 9.07. The van der Waals surface area contributed by atoms with E-state index in [2.05, 4.69) is 40.2 Å². The molecule has 3 aromatic rings. The van der Waals surface area contributed by atoms with Crippen molar-refractivity contribution in [2.75, 3.05) is 23.8 Å². The van der Waals surface area contributed by atoms with Crippen molar-refractivity contribution >= 4 is 23.4 Å². The summed E-state index contributed by atoms with van der Waals surface area (Å²) < 4.78 is 0. The van der Waals surface area contributed by atoms with Gasteiger partial charge in [0.2, 0.25) is 5.95 Å². The van der Waals surface area contributed by atoms with Crippen LogP contribution in [0.1, 0.15) is 49.1 Å². The second-order valence-corrected chi connectivity index (χ2v) is 10.2. The first-order valence-corrected chi connectivity index (χ1v) is 12.2. The molecule has 2 saturated carbocycles. The number of aromatic nitrogens is 3. The van der Waals surface area contributed by atoms with Crippen LogP contribution in [0.4, 0.5) is 11.6 Å². The highest BCUT2D eigenvalue weighted by molar-refractivity contribution is 7.99. The minimum absolute atomic E-state index is 0.242. The highest BCUT2D eigenvalue weighted by atomic mass is 32.2. The zero-order valence-electron chi connectivity index (χ0n) is 17.5. The molecule has 0 atom stereocenters. The van der Waals surface area contributed by atoms with Gasteiger partial charge in [-0.1, -0.05) is 6.07 Å². The first kappa shape index (κ1) is 19.3. The Bertz CT molecular complexity index is 1110. The van der Waals surface area contributed by atoms with E-state index in [-0.39, 0.29) is 12.0 Å². The second kappa shape index (κ2) is 7.61. The van der Waals surface area contributed by atoms with Crippen molar-refractivity contribution in [3.05, 3.63) is 60.0 Å². The molecule has 0 amide bonds. The lowest BCUT2D eigenvalue weighted by atomic mass is 9.99. The van der Waals surface area contributed by atoms with Gasteiger partial charge in [0.1, 0.15) is 0 Å². The van der Waals surface area contributed by atoms with Crippen molar-refractivity contribution in [1.82, 2.24) is 15.0 Å². The number of hydrogen-bond donors (Lipinski definition) is 1. The minimum Gasteiger partial charge on any atom is -0.396 e. The van der Waals surface area contributed by atoms with Gasteiger partial charge >= 0.3 is 0 Å². The monoisotopic (exact) mass is 430 g/mol. The quantitative estimate of drug-likeness (QED) is 0.417. The molecule has 1 N–H and O–H groups in total. The normalized spacial score (nSPS) is 18.4. The largest absolute Gasteiger partial charge is 0.396 e. The molecular weight excluding hydrogens is 404 g/mol. The van der Waals surface area contributed by atoms with Crippen molar-refractivity contribution in [1.29, 1.82) is 0 Å². The smallest absolute Gasteiger partial charge is 0.229 e. The molecule has 1 aromatic carbocycles. The Morgan fingerprint density at radius 1 is 1.06 bits per heavy atom. The van der Waals surface area contributed by atoms with E-state index in [0.717, 1.165) is 35.9 Å². The number of anilines is 2. The van der Waals surface area contributed by atoms with E-state index in [1.165, 1.54) is 47.4 Å². The van der Waals surface area contributed by atoms with Gasteiger partial charge in [0.25, 0.3) is 0 Å². The highest BCUT2D eigenvalue weighted by Crippen LogP contribution is 2.58. The highest BCUT2D eigenvalue weighted by Gasteiger charge is 2.52. The van der Waals surface area contributed by atoms with E-state index in [9.17, 15) is 0 Å². The topological polar surface area (TPSA) is 62.1 Å². The molecule has 31 heavy (non-hydrogen) atoms.